The Bertz CT molecular complexity index is 1280. The first-order valence-corrected chi connectivity index (χ1v) is 15.6. The number of carbonyl (C=O) groups excluding carboxylic acids is 2. The number of H-pyrrole nitrogens is 1. The van der Waals surface area contributed by atoms with Crippen LogP contribution in [-0.2, 0) is 9.53 Å². The summed E-state index contributed by atoms with van der Waals surface area (Å²) in [6.07, 6.45) is 11.3. The molecule has 10 nitrogen and oxygen atoms in total. The minimum absolute atomic E-state index is 0.00711. The third-order valence-corrected chi connectivity index (χ3v) is 11.3. The summed E-state index contributed by atoms with van der Waals surface area (Å²) in [5.41, 5.74) is 6.59. The first-order chi connectivity index (χ1) is 19.8. The Morgan fingerprint density at radius 1 is 1.17 bits per heavy atom. The predicted molar refractivity (Wildman–Crippen MR) is 151 cm³/mol. The van der Waals surface area contributed by atoms with Gasteiger partial charge in [0.05, 0.1) is 24.3 Å². The zero-order valence-electron chi connectivity index (χ0n) is 23.7. The van der Waals surface area contributed by atoms with Gasteiger partial charge in [-0.25, -0.2) is 0 Å². The van der Waals surface area contributed by atoms with Gasteiger partial charge in [-0.2, -0.15) is 5.26 Å². The molecule has 4 bridgehead atoms. The normalized spacial score (nSPS) is 38.3. The molecule has 10 heteroatoms. The van der Waals surface area contributed by atoms with Crippen molar-refractivity contribution in [1.82, 2.24) is 20.1 Å². The minimum atomic E-state index is -0.546. The molecule has 2 amide bonds. The molecule has 41 heavy (non-hydrogen) atoms. The monoisotopic (exact) mass is 562 g/mol. The highest BCUT2D eigenvalue weighted by Crippen LogP contribution is 2.64. The van der Waals surface area contributed by atoms with Crippen LogP contribution in [0.5, 0.6) is 0 Å². The summed E-state index contributed by atoms with van der Waals surface area (Å²) in [6, 6.07) is 4.79. The molecule has 8 rings (SSSR count). The maximum absolute atomic E-state index is 13.7. The van der Waals surface area contributed by atoms with E-state index in [-0.39, 0.29) is 46.5 Å². The standard InChI is InChI=1S/C31H42N6O4/c32-17-24-10-22-11-25(22)37(24)29(40)27(33)30-13-19-9-20(14-30)16-31(15-19,18-30)41-8-7-36-5-2-23(3-6-36)35-28(39)21-1-4-34-26(38)12-21/h1,4,12,19-20,22-25,27H,2-3,5-11,13-16,18,33H2,(H,34,38)(H,35,39)/t19-,20?,22+,24-,25-,27+,30?,31?/m0/s1. The molecule has 4 N–H and O–H groups in total. The van der Waals surface area contributed by atoms with Crippen molar-refractivity contribution in [2.24, 2.45) is 28.9 Å². The molecule has 0 radical (unpaired) electrons. The van der Waals surface area contributed by atoms with Crippen LogP contribution in [0.3, 0.4) is 0 Å². The number of amides is 2. The molecule has 3 unspecified atom stereocenters. The van der Waals surface area contributed by atoms with Gasteiger partial charge in [-0.05, 0) is 93.4 Å². The Hall–Kier alpha value is -2.74. The molecule has 0 aromatic carbocycles. The Morgan fingerprint density at radius 3 is 2.63 bits per heavy atom. The first kappa shape index (κ1) is 27.1. The molecule has 1 aromatic rings. The molecule has 5 aliphatic carbocycles. The second-order valence-electron chi connectivity index (χ2n) is 14.1. The molecule has 5 saturated carbocycles. The average molecular weight is 563 g/mol. The van der Waals surface area contributed by atoms with E-state index < -0.39 is 6.04 Å². The SMILES string of the molecule is N#C[C@@H]1C[C@@H]2C[C@@H]2N1C(=O)[C@@H](N)C12CC3C[C@H](CC(OCCN4CCC(NC(=O)c5cc[nH]c(=O)c5)CC4)(C3)C1)C2. The average Bonchev–Trinajstić information content (AvgIpc) is 3.61. The van der Waals surface area contributed by atoms with E-state index in [9.17, 15) is 19.6 Å². The van der Waals surface area contributed by atoms with E-state index in [1.165, 1.54) is 18.7 Å². The van der Waals surface area contributed by atoms with Crippen molar-refractivity contribution in [2.45, 2.75) is 94.0 Å². The number of nitrogens with zero attached hydrogens (tertiary/aromatic N) is 3. The van der Waals surface area contributed by atoms with Crippen molar-refractivity contribution in [3.8, 4) is 6.07 Å². The Morgan fingerprint density at radius 2 is 1.93 bits per heavy atom. The fraction of sp³-hybridized carbons (Fsp3) is 0.742. The molecule has 2 aliphatic heterocycles. The van der Waals surface area contributed by atoms with Gasteiger partial charge in [0.25, 0.3) is 5.91 Å². The lowest BCUT2D eigenvalue weighted by molar-refractivity contribution is -0.201. The van der Waals surface area contributed by atoms with Crippen LogP contribution < -0.4 is 16.6 Å². The number of pyridine rings is 1. The van der Waals surface area contributed by atoms with Crippen molar-refractivity contribution in [1.29, 1.82) is 5.26 Å². The molecule has 8 atom stereocenters. The van der Waals surface area contributed by atoms with Gasteiger partial charge in [0.2, 0.25) is 11.5 Å². The molecule has 2 saturated heterocycles. The number of piperidine rings is 2. The van der Waals surface area contributed by atoms with Crippen LogP contribution in [-0.4, -0.2) is 82.6 Å². The van der Waals surface area contributed by atoms with Crippen LogP contribution in [0.15, 0.2) is 23.1 Å². The topological polar surface area (TPSA) is 145 Å². The molecular formula is C31H42N6O4. The second-order valence-corrected chi connectivity index (χ2v) is 14.1. The summed E-state index contributed by atoms with van der Waals surface area (Å²) in [7, 11) is 0. The van der Waals surface area contributed by atoms with Crippen LogP contribution >= 0.6 is 0 Å². The number of nitrogens with one attached hydrogen (secondary N) is 2. The van der Waals surface area contributed by atoms with Crippen LogP contribution in [0, 0.1) is 34.5 Å². The quantitative estimate of drug-likeness (QED) is 0.438. The molecule has 7 fully saturated rings. The Balaban J connectivity index is 0.926. The number of hydrogen-bond donors (Lipinski definition) is 3. The highest BCUT2D eigenvalue weighted by molar-refractivity contribution is 5.94. The van der Waals surface area contributed by atoms with Gasteiger partial charge in [-0.1, -0.05) is 0 Å². The van der Waals surface area contributed by atoms with Gasteiger partial charge >= 0.3 is 0 Å². The van der Waals surface area contributed by atoms with Crippen molar-refractivity contribution >= 4 is 11.8 Å². The molecule has 3 heterocycles. The fourth-order valence-electron chi connectivity index (χ4n) is 9.64. The van der Waals surface area contributed by atoms with Gasteiger partial charge in [0, 0.05) is 49.5 Å². The summed E-state index contributed by atoms with van der Waals surface area (Å²) in [5.74, 6) is 1.43. The predicted octanol–water partition coefficient (Wildman–Crippen LogP) is 1.76. The molecule has 7 aliphatic rings. The third kappa shape index (κ3) is 5.00. The lowest BCUT2D eigenvalue weighted by atomic mass is 9.46. The lowest BCUT2D eigenvalue weighted by Crippen LogP contribution is -2.65. The van der Waals surface area contributed by atoms with E-state index in [1.807, 2.05) is 4.90 Å². The van der Waals surface area contributed by atoms with Crippen molar-refractivity contribution < 1.29 is 14.3 Å². The zero-order chi connectivity index (χ0) is 28.4. The largest absolute Gasteiger partial charge is 0.374 e. The van der Waals surface area contributed by atoms with Gasteiger partial charge in [-0.3, -0.25) is 14.4 Å². The van der Waals surface area contributed by atoms with Crippen molar-refractivity contribution in [3.05, 3.63) is 34.2 Å². The molecule has 0 spiro atoms. The second kappa shape index (κ2) is 10.2. The summed E-state index contributed by atoms with van der Waals surface area (Å²) in [6.45, 7) is 3.30. The number of hydrogen-bond acceptors (Lipinski definition) is 7. The van der Waals surface area contributed by atoms with E-state index in [4.69, 9.17) is 10.5 Å². The lowest BCUT2D eigenvalue weighted by Gasteiger charge is -2.63. The number of nitriles is 1. The van der Waals surface area contributed by atoms with E-state index in [0.29, 0.717) is 29.9 Å². The number of aromatic nitrogens is 1. The van der Waals surface area contributed by atoms with E-state index in [1.54, 1.807) is 6.07 Å². The number of carbonyl (C=O) groups is 2. The zero-order valence-corrected chi connectivity index (χ0v) is 23.7. The highest BCUT2D eigenvalue weighted by Gasteiger charge is 2.63. The van der Waals surface area contributed by atoms with Crippen molar-refractivity contribution in [2.75, 3.05) is 26.2 Å². The first-order valence-electron chi connectivity index (χ1n) is 15.6. The van der Waals surface area contributed by atoms with Crippen LogP contribution in [0.4, 0.5) is 0 Å². The third-order valence-electron chi connectivity index (χ3n) is 11.3. The summed E-state index contributed by atoms with van der Waals surface area (Å²) >= 11 is 0. The molecule has 1 aromatic heterocycles. The highest BCUT2D eigenvalue weighted by atomic mass is 16.5. The maximum atomic E-state index is 13.7. The molecule has 220 valence electrons. The Kier molecular flexibility index (Phi) is 6.75. The van der Waals surface area contributed by atoms with Crippen LogP contribution in [0.25, 0.3) is 0 Å². The maximum Gasteiger partial charge on any atom is 0.251 e. The van der Waals surface area contributed by atoms with E-state index >= 15 is 0 Å². The number of nitrogens with two attached hydrogens (primary N) is 1. The molecular weight excluding hydrogens is 520 g/mol. The van der Waals surface area contributed by atoms with E-state index in [0.717, 1.165) is 77.4 Å². The van der Waals surface area contributed by atoms with Gasteiger partial charge in [0.15, 0.2) is 0 Å². The Labute approximate surface area is 241 Å². The number of likely N-dealkylation sites (tertiary alicyclic amines) is 2. The smallest absolute Gasteiger partial charge is 0.251 e. The van der Waals surface area contributed by atoms with Gasteiger partial charge < -0.3 is 30.6 Å². The van der Waals surface area contributed by atoms with Gasteiger partial charge in [0.1, 0.15) is 6.04 Å². The van der Waals surface area contributed by atoms with Crippen molar-refractivity contribution in [3.63, 3.8) is 0 Å². The fourth-order valence-corrected chi connectivity index (χ4v) is 9.64. The van der Waals surface area contributed by atoms with Crippen LogP contribution in [0.1, 0.15) is 74.6 Å². The van der Waals surface area contributed by atoms with Gasteiger partial charge in [-0.15, -0.1) is 0 Å². The number of aromatic amines is 1. The number of fused-ring (bicyclic) bond motifs is 1. The summed E-state index contributed by atoms with van der Waals surface area (Å²) in [5, 5.41) is 12.7. The minimum Gasteiger partial charge on any atom is -0.374 e. The number of rotatable bonds is 8. The summed E-state index contributed by atoms with van der Waals surface area (Å²) < 4.78 is 6.78. The number of ether oxygens (including phenoxy) is 1. The van der Waals surface area contributed by atoms with Crippen LogP contribution in [0.2, 0.25) is 0 Å². The van der Waals surface area contributed by atoms with E-state index in [2.05, 4.69) is 21.3 Å². The summed E-state index contributed by atoms with van der Waals surface area (Å²) in [4.78, 5) is 44.6.